The molecule has 0 spiro atoms. The van der Waals surface area contributed by atoms with Crippen LogP contribution in [0.15, 0.2) is 0 Å². The fourth-order valence-electron chi connectivity index (χ4n) is 4.24. The van der Waals surface area contributed by atoms with E-state index < -0.39 is 6.09 Å². The lowest BCUT2D eigenvalue weighted by Gasteiger charge is -2.45. The van der Waals surface area contributed by atoms with Crippen molar-refractivity contribution < 1.29 is 14.7 Å². The van der Waals surface area contributed by atoms with Crippen LogP contribution >= 0.6 is 0 Å². The number of piperidine rings is 1. The number of nitrogens with zero attached hydrogens (tertiary/aromatic N) is 3. The first-order valence-corrected chi connectivity index (χ1v) is 7.57. The molecule has 0 aromatic carbocycles. The van der Waals surface area contributed by atoms with E-state index in [-0.39, 0.29) is 5.91 Å². The van der Waals surface area contributed by atoms with Gasteiger partial charge in [0.25, 0.3) is 0 Å². The Morgan fingerprint density at radius 1 is 0.950 bits per heavy atom. The Labute approximate surface area is 119 Å². The predicted molar refractivity (Wildman–Crippen MR) is 73.5 cm³/mol. The Balaban J connectivity index is 1.59. The van der Waals surface area contributed by atoms with Gasteiger partial charge in [-0.2, -0.15) is 0 Å². The third-order valence-corrected chi connectivity index (χ3v) is 5.17. The standard InChI is InChI=1S/C14H23N3O3/c1-10(18)17-11-2-3-12(17)9-13(8-11)15-4-6-16(7-5-15)14(19)20/h11-13H,2-9H2,1H3,(H,19,20). The molecule has 112 valence electrons. The van der Waals surface area contributed by atoms with Crippen molar-refractivity contribution >= 4 is 12.0 Å². The van der Waals surface area contributed by atoms with Gasteiger partial charge >= 0.3 is 6.09 Å². The number of fused-ring (bicyclic) bond motifs is 2. The lowest BCUT2D eigenvalue weighted by atomic mass is 9.95. The summed E-state index contributed by atoms with van der Waals surface area (Å²) in [5.41, 5.74) is 0. The highest BCUT2D eigenvalue weighted by molar-refractivity contribution is 5.74. The lowest BCUT2D eigenvalue weighted by molar-refractivity contribution is -0.134. The Bertz CT molecular complexity index is 392. The zero-order chi connectivity index (χ0) is 14.3. The van der Waals surface area contributed by atoms with E-state index in [1.807, 2.05) is 0 Å². The maximum atomic E-state index is 11.7. The zero-order valence-corrected chi connectivity index (χ0v) is 12.0. The second kappa shape index (κ2) is 5.24. The van der Waals surface area contributed by atoms with E-state index >= 15 is 0 Å². The van der Waals surface area contributed by atoms with Gasteiger partial charge in [0.1, 0.15) is 0 Å². The van der Waals surface area contributed by atoms with Crippen molar-refractivity contribution in [2.75, 3.05) is 26.2 Å². The topological polar surface area (TPSA) is 64.1 Å². The van der Waals surface area contributed by atoms with Gasteiger partial charge in [0.15, 0.2) is 0 Å². The Hall–Kier alpha value is -1.30. The summed E-state index contributed by atoms with van der Waals surface area (Å²) in [7, 11) is 0. The van der Waals surface area contributed by atoms with Gasteiger partial charge in [-0.25, -0.2) is 4.79 Å². The number of piperazine rings is 1. The van der Waals surface area contributed by atoms with Crippen LogP contribution in [0.2, 0.25) is 0 Å². The van der Waals surface area contributed by atoms with Crippen LogP contribution in [0.5, 0.6) is 0 Å². The molecule has 2 atom stereocenters. The molecule has 0 aliphatic carbocycles. The number of amides is 2. The summed E-state index contributed by atoms with van der Waals surface area (Å²) in [6, 6.07) is 1.35. The molecule has 3 aliphatic heterocycles. The average molecular weight is 281 g/mol. The minimum Gasteiger partial charge on any atom is -0.465 e. The molecule has 2 bridgehead atoms. The Morgan fingerprint density at radius 3 is 1.95 bits per heavy atom. The second-order valence-electron chi connectivity index (χ2n) is 6.24. The zero-order valence-electron chi connectivity index (χ0n) is 12.0. The van der Waals surface area contributed by atoms with E-state index in [2.05, 4.69) is 9.80 Å². The molecular weight excluding hydrogens is 258 g/mol. The largest absolute Gasteiger partial charge is 0.465 e. The van der Waals surface area contributed by atoms with Crippen molar-refractivity contribution in [3.8, 4) is 0 Å². The van der Waals surface area contributed by atoms with E-state index in [0.29, 0.717) is 31.2 Å². The quantitative estimate of drug-likeness (QED) is 0.773. The van der Waals surface area contributed by atoms with Gasteiger partial charge in [0.05, 0.1) is 0 Å². The van der Waals surface area contributed by atoms with Crippen LogP contribution in [0.4, 0.5) is 4.79 Å². The second-order valence-corrected chi connectivity index (χ2v) is 6.24. The molecule has 1 N–H and O–H groups in total. The summed E-state index contributed by atoms with van der Waals surface area (Å²) >= 11 is 0. The van der Waals surface area contributed by atoms with Crippen molar-refractivity contribution in [3.63, 3.8) is 0 Å². The maximum Gasteiger partial charge on any atom is 0.407 e. The number of carboxylic acid groups (broad SMARTS) is 1. The third-order valence-electron chi connectivity index (χ3n) is 5.17. The van der Waals surface area contributed by atoms with Gasteiger partial charge in [-0.3, -0.25) is 9.69 Å². The van der Waals surface area contributed by atoms with Crippen LogP contribution in [-0.2, 0) is 4.79 Å². The van der Waals surface area contributed by atoms with Gasteiger partial charge < -0.3 is 14.9 Å². The summed E-state index contributed by atoms with van der Waals surface area (Å²) in [5.74, 6) is 0.214. The molecule has 20 heavy (non-hydrogen) atoms. The predicted octanol–water partition coefficient (Wildman–Crippen LogP) is 0.824. The van der Waals surface area contributed by atoms with Crippen LogP contribution < -0.4 is 0 Å². The van der Waals surface area contributed by atoms with Gasteiger partial charge in [-0.1, -0.05) is 0 Å². The monoisotopic (exact) mass is 281 g/mol. The lowest BCUT2D eigenvalue weighted by Crippen LogP contribution is -2.56. The van der Waals surface area contributed by atoms with Crippen LogP contribution in [0.1, 0.15) is 32.6 Å². The minimum atomic E-state index is -0.809. The molecule has 3 rings (SSSR count). The SMILES string of the molecule is CC(=O)N1C2CCC1CC(N1CCN(C(=O)O)CC1)C2. The van der Waals surface area contributed by atoms with Crippen LogP contribution in [0.25, 0.3) is 0 Å². The third kappa shape index (κ3) is 2.37. The number of carbonyl (C=O) groups is 2. The van der Waals surface area contributed by atoms with Crippen LogP contribution in [0, 0.1) is 0 Å². The highest BCUT2D eigenvalue weighted by Crippen LogP contribution is 2.37. The van der Waals surface area contributed by atoms with Crippen LogP contribution in [0.3, 0.4) is 0 Å². The highest BCUT2D eigenvalue weighted by atomic mass is 16.4. The van der Waals surface area contributed by atoms with Crippen molar-refractivity contribution in [2.45, 2.75) is 50.7 Å². The van der Waals surface area contributed by atoms with Crippen molar-refractivity contribution in [2.24, 2.45) is 0 Å². The fourth-order valence-corrected chi connectivity index (χ4v) is 4.24. The van der Waals surface area contributed by atoms with Gasteiger partial charge in [-0.15, -0.1) is 0 Å². The molecule has 3 fully saturated rings. The summed E-state index contributed by atoms with van der Waals surface area (Å²) in [6.45, 7) is 4.55. The number of hydrogen-bond donors (Lipinski definition) is 1. The highest BCUT2D eigenvalue weighted by Gasteiger charge is 2.43. The molecule has 0 aromatic rings. The first-order chi connectivity index (χ1) is 9.56. The summed E-state index contributed by atoms with van der Waals surface area (Å²) < 4.78 is 0. The number of rotatable bonds is 1. The van der Waals surface area contributed by atoms with E-state index in [4.69, 9.17) is 5.11 Å². The molecule has 3 heterocycles. The molecule has 2 unspecified atom stereocenters. The Morgan fingerprint density at radius 2 is 1.50 bits per heavy atom. The average Bonchev–Trinajstić information content (AvgIpc) is 2.70. The molecule has 6 heteroatoms. The molecule has 3 aliphatic rings. The fraction of sp³-hybridized carbons (Fsp3) is 0.857. The van der Waals surface area contributed by atoms with Gasteiger partial charge in [0.2, 0.25) is 5.91 Å². The first-order valence-electron chi connectivity index (χ1n) is 7.57. The minimum absolute atomic E-state index is 0.214. The molecule has 3 saturated heterocycles. The maximum absolute atomic E-state index is 11.7. The summed E-state index contributed by atoms with van der Waals surface area (Å²) in [6.07, 6.45) is 3.58. The summed E-state index contributed by atoms with van der Waals surface area (Å²) in [5, 5.41) is 8.99. The van der Waals surface area contributed by atoms with Gasteiger partial charge in [0, 0.05) is 51.2 Å². The molecule has 6 nitrogen and oxygen atoms in total. The molecule has 0 saturated carbocycles. The molecular formula is C14H23N3O3. The van der Waals surface area contributed by atoms with E-state index in [9.17, 15) is 9.59 Å². The number of carbonyl (C=O) groups excluding carboxylic acids is 1. The van der Waals surface area contributed by atoms with Crippen molar-refractivity contribution in [1.82, 2.24) is 14.7 Å². The smallest absolute Gasteiger partial charge is 0.407 e. The number of hydrogen-bond acceptors (Lipinski definition) is 3. The van der Waals surface area contributed by atoms with Crippen LogP contribution in [-0.4, -0.2) is 76.1 Å². The van der Waals surface area contributed by atoms with E-state index in [0.717, 1.165) is 38.8 Å². The molecule has 0 radical (unpaired) electrons. The molecule has 2 amide bonds. The van der Waals surface area contributed by atoms with Crippen molar-refractivity contribution in [3.05, 3.63) is 0 Å². The first kappa shape index (κ1) is 13.7. The normalized spacial score (nSPS) is 34.4. The molecule has 0 aromatic heterocycles. The van der Waals surface area contributed by atoms with E-state index in [1.165, 1.54) is 4.90 Å². The van der Waals surface area contributed by atoms with Crippen molar-refractivity contribution in [1.29, 1.82) is 0 Å². The Kier molecular flexibility index (Phi) is 3.58. The van der Waals surface area contributed by atoms with Gasteiger partial charge in [-0.05, 0) is 25.7 Å². The summed E-state index contributed by atoms with van der Waals surface area (Å²) in [4.78, 5) is 28.6. The van der Waals surface area contributed by atoms with E-state index in [1.54, 1.807) is 6.92 Å².